The predicted molar refractivity (Wildman–Crippen MR) is 67.3 cm³/mol. The standard InChI is InChI=1S/C13H20N2O/c1-10(2)16-13-6-4-11(5-7-13)15(3)12-8-14-9-12/h4-7,10,12,14H,8-9H2,1-3H3. The van der Waals surface area contributed by atoms with Crippen LogP contribution in [-0.4, -0.2) is 32.3 Å². The molecule has 1 aliphatic heterocycles. The molecule has 0 amide bonds. The molecule has 3 nitrogen and oxygen atoms in total. The fourth-order valence-electron chi connectivity index (χ4n) is 1.79. The van der Waals surface area contributed by atoms with Crippen molar-refractivity contribution in [3.63, 3.8) is 0 Å². The molecule has 1 aromatic rings. The number of hydrogen-bond donors (Lipinski definition) is 1. The molecule has 0 bridgehead atoms. The first-order valence-electron chi connectivity index (χ1n) is 5.87. The van der Waals surface area contributed by atoms with Crippen molar-refractivity contribution in [1.29, 1.82) is 0 Å². The molecule has 0 aromatic heterocycles. The molecular formula is C13H20N2O. The maximum absolute atomic E-state index is 5.62. The van der Waals surface area contributed by atoms with E-state index in [0.717, 1.165) is 18.8 Å². The molecule has 0 atom stereocenters. The van der Waals surface area contributed by atoms with Gasteiger partial charge in [0.05, 0.1) is 12.1 Å². The van der Waals surface area contributed by atoms with Gasteiger partial charge in [0.15, 0.2) is 0 Å². The van der Waals surface area contributed by atoms with Gasteiger partial charge in [-0.05, 0) is 38.1 Å². The molecule has 1 saturated heterocycles. The van der Waals surface area contributed by atoms with Gasteiger partial charge in [-0.1, -0.05) is 0 Å². The maximum atomic E-state index is 5.62. The van der Waals surface area contributed by atoms with E-state index in [1.807, 2.05) is 26.0 Å². The number of hydrogen-bond acceptors (Lipinski definition) is 3. The van der Waals surface area contributed by atoms with Gasteiger partial charge in [0, 0.05) is 25.8 Å². The number of nitrogens with one attached hydrogen (secondary N) is 1. The lowest BCUT2D eigenvalue weighted by Crippen LogP contribution is -2.56. The van der Waals surface area contributed by atoms with Crippen LogP contribution in [0.2, 0.25) is 0 Å². The van der Waals surface area contributed by atoms with E-state index in [-0.39, 0.29) is 6.10 Å². The second kappa shape index (κ2) is 4.74. The van der Waals surface area contributed by atoms with E-state index in [0.29, 0.717) is 6.04 Å². The summed E-state index contributed by atoms with van der Waals surface area (Å²) in [5.41, 5.74) is 1.25. The lowest BCUT2D eigenvalue weighted by molar-refractivity contribution is 0.242. The molecule has 88 valence electrons. The highest BCUT2D eigenvalue weighted by Crippen LogP contribution is 2.21. The third-order valence-electron chi connectivity index (χ3n) is 2.92. The van der Waals surface area contributed by atoms with Crippen molar-refractivity contribution in [2.24, 2.45) is 0 Å². The number of anilines is 1. The SMILES string of the molecule is CC(C)Oc1ccc(N(C)C2CNC2)cc1. The molecule has 1 aromatic carbocycles. The molecule has 1 N–H and O–H groups in total. The molecule has 3 heteroatoms. The third-order valence-corrected chi connectivity index (χ3v) is 2.92. The van der Waals surface area contributed by atoms with Gasteiger partial charge in [-0.2, -0.15) is 0 Å². The highest BCUT2D eigenvalue weighted by atomic mass is 16.5. The van der Waals surface area contributed by atoms with Gasteiger partial charge in [0.1, 0.15) is 5.75 Å². The number of ether oxygens (including phenoxy) is 1. The van der Waals surface area contributed by atoms with E-state index >= 15 is 0 Å². The quantitative estimate of drug-likeness (QED) is 0.838. The second-order valence-corrected chi connectivity index (χ2v) is 4.58. The zero-order chi connectivity index (χ0) is 11.5. The summed E-state index contributed by atoms with van der Waals surface area (Å²) >= 11 is 0. The fourth-order valence-corrected chi connectivity index (χ4v) is 1.79. The molecule has 1 aliphatic rings. The van der Waals surface area contributed by atoms with E-state index in [4.69, 9.17) is 4.74 Å². The van der Waals surface area contributed by atoms with Gasteiger partial charge in [-0.25, -0.2) is 0 Å². The van der Waals surface area contributed by atoms with Gasteiger partial charge < -0.3 is 15.0 Å². The predicted octanol–water partition coefficient (Wildman–Crippen LogP) is 1.88. The average Bonchev–Trinajstić information content (AvgIpc) is 2.15. The van der Waals surface area contributed by atoms with Crippen molar-refractivity contribution in [3.05, 3.63) is 24.3 Å². The number of likely N-dealkylation sites (N-methyl/N-ethyl adjacent to an activating group) is 1. The van der Waals surface area contributed by atoms with Gasteiger partial charge in [0.25, 0.3) is 0 Å². The summed E-state index contributed by atoms with van der Waals surface area (Å²) in [6.45, 7) is 6.25. The van der Waals surface area contributed by atoms with Crippen LogP contribution in [0, 0.1) is 0 Å². The molecule has 0 aliphatic carbocycles. The molecule has 0 saturated carbocycles. The van der Waals surface area contributed by atoms with Crippen molar-refractivity contribution in [2.75, 3.05) is 25.0 Å². The van der Waals surface area contributed by atoms with E-state index in [2.05, 4.69) is 29.4 Å². The van der Waals surface area contributed by atoms with Gasteiger partial charge in [0.2, 0.25) is 0 Å². The Hall–Kier alpha value is -1.22. The Morgan fingerprint density at radius 1 is 1.25 bits per heavy atom. The summed E-state index contributed by atoms with van der Waals surface area (Å²) in [7, 11) is 2.14. The normalized spacial score (nSPS) is 16.0. The first kappa shape index (κ1) is 11.3. The largest absolute Gasteiger partial charge is 0.491 e. The van der Waals surface area contributed by atoms with Crippen molar-refractivity contribution < 1.29 is 4.74 Å². The molecule has 16 heavy (non-hydrogen) atoms. The minimum Gasteiger partial charge on any atom is -0.491 e. The van der Waals surface area contributed by atoms with Crippen molar-refractivity contribution in [1.82, 2.24) is 5.32 Å². The summed E-state index contributed by atoms with van der Waals surface area (Å²) in [5.74, 6) is 0.943. The van der Waals surface area contributed by atoms with Crippen LogP contribution in [0.1, 0.15) is 13.8 Å². The van der Waals surface area contributed by atoms with E-state index in [1.165, 1.54) is 5.69 Å². The fraction of sp³-hybridized carbons (Fsp3) is 0.538. The van der Waals surface area contributed by atoms with Crippen molar-refractivity contribution >= 4 is 5.69 Å². The summed E-state index contributed by atoms with van der Waals surface area (Å²) in [4.78, 5) is 2.32. The second-order valence-electron chi connectivity index (χ2n) is 4.58. The van der Waals surface area contributed by atoms with Crippen LogP contribution in [0.15, 0.2) is 24.3 Å². The monoisotopic (exact) mass is 220 g/mol. The van der Waals surface area contributed by atoms with E-state index in [9.17, 15) is 0 Å². The minimum absolute atomic E-state index is 0.236. The first-order valence-corrected chi connectivity index (χ1v) is 5.87. The lowest BCUT2D eigenvalue weighted by Gasteiger charge is -2.37. The molecule has 0 spiro atoms. The Morgan fingerprint density at radius 3 is 2.31 bits per heavy atom. The smallest absolute Gasteiger partial charge is 0.119 e. The Kier molecular flexibility index (Phi) is 3.34. The molecule has 0 unspecified atom stereocenters. The van der Waals surface area contributed by atoms with Crippen LogP contribution < -0.4 is 15.0 Å². The Balaban J connectivity index is 2.00. The van der Waals surface area contributed by atoms with Gasteiger partial charge in [-0.15, -0.1) is 0 Å². The molecule has 0 radical (unpaired) electrons. The van der Waals surface area contributed by atoms with Crippen LogP contribution in [0.25, 0.3) is 0 Å². The number of nitrogens with zero attached hydrogens (tertiary/aromatic N) is 1. The summed E-state index contributed by atoms with van der Waals surface area (Å²) in [5, 5.41) is 3.28. The maximum Gasteiger partial charge on any atom is 0.119 e. The van der Waals surface area contributed by atoms with Crippen LogP contribution in [0.3, 0.4) is 0 Å². The molecule has 1 heterocycles. The molecular weight excluding hydrogens is 200 g/mol. The summed E-state index contributed by atoms with van der Waals surface area (Å²) < 4.78 is 5.62. The van der Waals surface area contributed by atoms with Crippen molar-refractivity contribution in [3.8, 4) is 5.75 Å². The molecule has 1 fully saturated rings. The number of rotatable bonds is 4. The topological polar surface area (TPSA) is 24.5 Å². The summed E-state index contributed by atoms with van der Waals surface area (Å²) in [6.07, 6.45) is 0.236. The van der Waals surface area contributed by atoms with Crippen LogP contribution in [0.5, 0.6) is 5.75 Å². The van der Waals surface area contributed by atoms with Crippen molar-refractivity contribution in [2.45, 2.75) is 26.0 Å². The molecule has 2 rings (SSSR count). The van der Waals surface area contributed by atoms with E-state index in [1.54, 1.807) is 0 Å². The number of benzene rings is 1. The Bertz CT molecular complexity index is 330. The van der Waals surface area contributed by atoms with E-state index < -0.39 is 0 Å². The van der Waals surface area contributed by atoms with Crippen LogP contribution in [0.4, 0.5) is 5.69 Å². The highest BCUT2D eigenvalue weighted by Gasteiger charge is 2.21. The first-order chi connectivity index (χ1) is 7.66. The zero-order valence-electron chi connectivity index (χ0n) is 10.2. The van der Waals surface area contributed by atoms with Gasteiger partial charge >= 0.3 is 0 Å². The highest BCUT2D eigenvalue weighted by molar-refractivity contribution is 5.49. The zero-order valence-corrected chi connectivity index (χ0v) is 10.2. The van der Waals surface area contributed by atoms with Gasteiger partial charge in [-0.3, -0.25) is 0 Å². The van der Waals surface area contributed by atoms with Crippen LogP contribution >= 0.6 is 0 Å². The third kappa shape index (κ3) is 2.47. The lowest BCUT2D eigenvalue weighted by atomic mass is 10.1. The Labute approximate surface area is 97.4 Å². The van der Waals surface area contributed by atoms with Crippen LogP contribution in [-0.2, 0) is 0 Å². The summed E-state index contributed by atoms with van der Waals surface area (Å²) in [6, 6.07) is 8.96. The average molecular weight is 220 g/mol. The minimum atomic E-state index is 0.236. The Morgan fingerprint density at radius 2 is 1.88 bits per heavy atom.